The molecule has 0 unspecified atom stereocenters. The van der Waals surface area contributed by atoms with Gasteiger partial charge in [-0.1, -0.05) is 37.2 Å². The Labute approximate surface area is 136 Å². The fourth-order valence-corrected chi connectivity index (χ4v) is 3.38. The van der Waals surface area contributed by atoms with Crippen LogP contribution < -0.4 is 5.32 Å². The molecule has 2 aromatic rings. The molecule has 1 fully saturated rings. The van der Waals surface area contributed by atoms with Gasteiger partial charge in [0.1, 0.15) is 12.4 Å². The van der Waals surface area contributed by atoms with E-state index < -0.39 is 0 Å². The van der Waals surface area contributed by atoms with Crippen molar-refractivity contribution in [2.24, 2.45) is 11.3 Å². The van der Waals surface area contributed by atoms with E-state index in [2.05, 4.69) is 24.3 Å². The Morgan fingerprint density at radius 3 is 2.78 bits per heavy atom. The number of nitrogens with zero attached hydrogens (tertiary/aromatic N) is 1. The molecule has 0 saturated heterocycles. The van der Waals surface area contributed by atoms with E-state index in [0.29, 0.717) is 30.0 Å². The smallest absolute Gasteiger partial charge is 0.162 e. The molecule has 124 valence electrons. The number of aliphatic hydroxyl groups is 1. The Morgan fingerprint density at radius 2 is 2.13 bits per heavy atom. The van der Waals surface area contributed by atoms with Crippen molar-refractivity contribution >= 4 is 0 Å². The predicted molar refractivity (Wildman–Crippen MR) is 86.8 cm³/mol. The molecule has 5 nitrogen and oxygen atoms in total. The highest BCUT2D eigenvalue weighted by Crippen LogP contribution is 2.47. The Bertz CT molecular complexity index is 666. The van der Waals surface area contributed by atoms with Crippen LogP contribution in [0.4, 0.5) is 0 Å². The lowest BCUT2D eigenvalue weighted by atomic mass is 9.57. The zero-order valence-electron chi connectivity index (χ0n) is 13.6. The van der Waals surface area contributed by atoms with E-state index in [-0.39, 0.29) is 12.0 Å². The van der Waals surface area contributed by atoms with Crippen molar-refractivity contribution in [3.63, 3.8) is 0 Å². The largest absolute Gasteiger partial charge is 0.508 e. The summed E-state index contributed by atoms with van der Waals surface area (Å²) in [4.78, 5) is 0. The van der Waals surface area contributed by atoms with Gasteiger partial charge in [0.05, 0.1) is 5.69 Å². The zero-order valence-corrected chi connectivity index (χ0v) is 13.6. The van der Waals surface area contributed by atoms with E-state index in [1.54, 1.807) is 6.07 Å². The summed E-state index contributed by atoms with van der Waals surface area (Å²) in [7, 11) is 0. The normalized spacial score (nSPS) is 22.7. The standard InChI is InChI=1S/C18H24N2O3/c1-18(2)13(7-14-9-15(11-21)23-20-14)8-17(18)19-10-12-5-3-4-6-16(12)22/h3-6,9,13,17,19,21-22H,7-8,10-11H2,1-2H3/t13-,17+/m1/s1. The molecule has 1 aliphatic carbocycles. The molecular formula is C18H24N2O3. The third-order valence-electron chi connectivity index (χ3n) is 5.22. The van der Waals surface area contributed by atoms with Crippen LogP contribution in [0.5, 0.6) is 5.75 Å². The molecule has 1 aromatic heterocycles. The highest BCUT2D eigenvalue weighted by molar-refractivity contribution is 5.31. The fraction of sp³-hybridized carbons (Fsp3) is 0.500. The molecule has 2 atom stereocenters. The van der Waals surface area contributed by atoms with Crippen molar-refractivity contribution in [3.05, 3.63) is 47.3 Å². The highest BCUT2D eigenvalue weighted by atomic mass is 16.5. The molecule has 23 heavy (non-hydrogen) atoms. The van der Waals surface area contributed by atoms with Gasteiger partial charge in [0.25, 0.3) is 0 Å². The van der Waals surface area contributed by atoms with Gasteiger partial charge in [-0.15, -0.1) is 0 Å². The first-order chi connectivity index (χ1) is 11.0. The van der Waals surface area contributed by atoms with Gasteiger partial charge >= 0.3 is 0 Å². The number of aliphatic hydroxyl groups excluding tert-OH is 1. The van der Waals surface area contributed by atoms with Crippen molar-refractivity contribution in [2.75, 3.05) is 0 Å². The molecule has 0 radical (unpaired) electrons. The number of hydrogen-bond donors (Lipinski definition) is 3. The van der Waals surface area contributed by atoms with E-state index in [1.807, 2.05) is 24.3 Å². The summed E-state index contributed by atoms with van der Waals surface area (Å²) in [6.45, 7) is 5.09. The quantitative estimate of drug-likeness (QED) is 0.763. The van der Waals surface area contributed by atoms with E-state index in [9.17, 15) is 5.11 Å². The van der Waals surface area contributed by atoms with Gasteiger partial charge in [0.2, 0.25) is 0 Å². The number of phenols is 1. The van der Waals surface area contributed by atoms with E-state index in [0.717, 1.165) is 24.1 Å². The third-order valence-corrected chi connectivity index (χ3v) is 5.22. The molecule has 0 spiro atoms. The van der Waals surface area contributed by atoms with Crippen molar-refractivity contribution in [3.8, 4) is 5.75 Å². The van der Waals surface area contributed by atoms with Crippen LogP contribution in [0.3, 0.4) is 0 Å². The summed E-state index contributed by atoms with van der Waals surface area (Å²) >= 11 is 0. The Hall–Kier alpha value is -1.85. The zero-order chi connectivity index (χ0) is 16.4. The average Bonchev–Trinajstić information content (AvgIpc) is 2.99. The Kier molecular flexibility index (Phi) is 4.41. The number of benzene rings is 1. The van der Waals surface area contributed by atoms with Crippen molar-refractivity contribution in [1.29, 1.82) is 0 Å². The predicted octanol–water partition coefficient (Wildman–Crippen LogP) is 2.62. The van der Waals surface area contributed by atoms with E-state index in [1.165, 1.54) is 0 Å². The molecular weight excluding hydrogens is 292 g/mol. The summed E-state index contributed by atoms with van der Waals surface area (Å²) < 4.78 is 5.05. The molecule has 0 bridgehead atoms. The van der Waals surface area contributed by atoms with Crippen molar-refractivity contribution < 1.29 is 14.7 Å². The van der Waals surface area contributed by atoms with E-state index in [4.69, 9.17) is 9.63 Å². The van der Waals surface area contributed by atoms with Crippen molar-refractivity contribution in [1.82, 2.24) is 10.5 Å². The average molecular weight is 316 g/mol. The van der Waals surface area contributed by atoms with E-state index >= 15 is 0 Å². The molecule has 0 amide bonds. The van der Waals surface area contributed by atoms with Gasteiger partial charge in [-0.25, -0.2) is 0 Å². The molecule has 1 aromatic carbocycles. The van der Waals surface area contributed by atoms with Crippen LogP contribution in [-0.2, 0) is 19.6 Å². The van der Waals surface area contributed by atoms with Crippen LogP contribution in [-0.4, -0.2) is 21.4 Å². The number of aromatic nitrogens is 1. The number of phenolic OH excluding ortho intramolecular Hbond substituents is 1. The maximum absolute atomic E-state index is 9.84. The van der Waals surface area contributed by atoms with Crippen LogP contribution in [0.15, 0.2) is 34.9 Å². The van der Waals surface area contributed by atoms with Gasteiger partial charge in [-0.3, -0.25) is 0 Å². The lowest BCUT2D eigenvalue weighted by molar-refractivity contribution is 0.0124. The monoisotopic (exact) mass is 316 g/mol. The maximum Gasteiger partial charge on any atom is 0.162 e. The number of aromatic hydroxyl groups is 1. The number of para-hydroxylation sites is 1. The first-order valence-electron chi connectivity index (χ1n) is 8.06. The maximum atomic E-state index is 9.84. The van der Waals surface area contributed by atoms with Crippen molar-refractivity contribution in [2.45, 2.75) is 45.9 Å². The SMILES string of the molecule is CC1(C)[C@H](Cc2cc(CO)on2)C[C@@H]1NCc1ccccc1O. The summed E-state index contributed by atoms with van der Waals surface area (Å²) in [6.07, 6.45) is 1.94. The number of hydrogen-bond acceptors (Lipinski definition) is 5. The lowest BCUT2D eigenvalue weighted by Crippen LogP contribution is -2.57. The summed E-state index contributed by atoms with van der Waals surface area (Å²) in [5.74, 6) is 1.39. The number of rotatable bonds is 6. The number of nitrogens with one attached hydrogen (secondary N) is 1. The minimum absolute atomic E-state index is 0.105. The van der Waals surface area contributed by atoms with Crippen LogP contribution in [0.1, 0.15) is 37.3 Å². The Balaban J connectivity index is 1.55. The second-order valence-corrected chi connectivity index (χ2v) is 6.96. The van der Waals surface area contributed by atoms with Gasteiger partial charge in [0, 0.05) is 24.2 Å². The second kappa shape index (κ2) is 6.34. The second-order valence-electron chi connectivity index (χ2n) is 6.96. The lowest BCUT2D eigenvalue weighted by Gasteiger charge is -2.52. The molecule has 0 aliphatic heterocycles. The fourth-order valence-electron chi connectivity index (χ4n) is 3.38. The molecule has 1 heterocycles. The Morgan fingerprint density at radius 1 is 1.35 bits per heavy atom. The molecule has 3 N–H and O–H groups in total. The minimum atomic E-state index is -0.105. The minimum Gasteiger partial charge on any atom is -0.508 e. The molecule has 5 heteroatoms. The van der Waals surface area contributed by atoms with Gasteiger partial charge in [-0.2, -0.15) is 0 Å². The first-order valence-corrected chi connectivity index (χ1v) is 8.06. The van der Waals surface area contributed by atoms with Crippen LogP contribution in [0.25, 0.3) is 0 Å². The molecule has 3 rings (SSSR count). The van der Waals surface area contributed by atoms with Crippen LogP contribution in [0.2, 0.25) is 0 Å². The van der Waals surface area contributed by atoms with Gasteiger partial charge < -0.3 is 20.1 Å². The summed E-state index contributed by atoms with van der Waals surface area (Å²) in [5, 5.41) is 26.4. The topological polar surface area (TPSA) is 78.5 Å². The highest BCUT2D eigenvalue weighted by Gasteiger charge is 2.47. The summed E-state index contributed by atoms with van der Waals surface area (Å²) in [6, 6.07) is 9.68. The van der Waals surface area contributed by atoms with Gasteiger partial charge in [0.15, 0.2) is 5.76 Å². The third kappa shape index (κ3) is 3.26. The van der Waals surface area contributed by atoms with Crippen LogP contribution in [0, 0.1) is 11.3 Å². The molecule has 1 aliphatic rings. The van der Waals surface area contributed by atoms with Gasteiger partial charge in [-0.05, 0) is 30.2 Å². The first kappa shape index (κ1) is 16.0. The summed E-state index contributed by atoms with van der Waals surface area (Å²) in [5.41, 5.74) is 1.99. The van der Waals surface area contributed by atoms with Crippen LogP contribution >= 0.6 is 0 Å². The molecule has 1 saturated carbocycles.